The molecule has 2 N–H and O–H groups in total. The van der Waals surface area contributed by atoms with Gasteiger partial charge in [-0.05, 0) is 29.8 Å². The van der Waals surface area contributed by atoms with E-state index in [1.54, 1.807) is 14.2 Å². The number of nitrogens with zero attached hydrogens (tertiary/aromatic N) is 3. The van der Waals surface area contributed by atoms with Crippen molar-refractivity contribution in [1.29, 1.82) is 0 Å². The van der Waals surface area contributed by atoms with Crippen LogP contribution in [0, 0.1) is 0 Å². The van der Waals surface area contributed by atoms with Crippen LogP contribution in [0.25, 0.3) is 0 Å². The third kappa shape index (κ3) is 7.15. The summed E-state index contributed by atoms with van der Waals surface area (Å²) in [4.78, 5) is 10.6. The molecule has 0 bridgehead atoms. The maximum absolute atomic E-state index is 5.74. The summed E-state index contributed by atoms with van der Waals surface area (Å²) in [5.74, 6) is 2.43. The van der Waals surface area contributed by atoms with Crippen molar-refractivity contribution in [3.8, 4) is 5.75 Å². The first-order valence-electron chi connectivity index (χ1n) is 8.94. The van der Waals surface area contributed by atoms with Crippen LogP contribution in [0.3, 0.4) is 0 Å². The van der Waals surface area contributed by atoms with Gasteiger partial charge in [-0.1, -0.05) is 6.07 Å². The fourth-order valence-electron chi connectivity index (χ4n) is 2.37. The molecule has 0 aliphatic rings. The molecule has 0 fully saturated rings. The van der Waals surface area contributed by atoms with Gasteiger partial charge in [-0.25, -0.2) is 4.98 Å². The number of methoxy groups -OCH3 is 1. The predicted octanol–water partition coefficient (Wildman–Crippen LogP) is 2.75. The second-order valence-electron chi connectivity index (χ2n) is 6.19. The van der Waals surface area contributed by atoms with Crippen molar-refractivity contribution in [2.45, 2.75) is 13.0 Å². The van der Waals surface area contributed by atoms with Crippen molar-refractivity contribution < 1.29 is 9.47 Å². The van der Waals surface area contributed by atoms with Crippen molar-refractivity contribution in [3.63, 3.8) is 0 Å². The van der Waals surface area contributed by atoms with E-state index in [4.69, 9.17) is 9.47 Å². The minimum Gasteiger partial charge on any atom is -0.493 e. The van der Waals surface area contributed by atoms with Gasteiger partial charge in [0.2, 0.25) is 0 Å². The number of pyridine rings is 1. The SMILES string of the molecule is CN=C(NCc1ccnc(N(C)C)c1)Nc1cccc(OCCCOC)c1. The Balaban J connectivity index is 1.90. The zero-order valence-corrected chi connectivity index (χ0v) is 16.5. The van der Waals surface area contributed by atoms with Crippen molar-refractivity contribution in [2.75, 3.05) is 51.7 Å². The monoisotopic (exact) mass is 371 g/mol. The Hall–Kier alpha value is -2.80. The fourth-order valence-corrected chi connectivity index (χ4v) is 2.37. The van der Waals surface area contributed by atoms with E-state index in [-0.39, 0.29) is 0 Å². The number of benzene rings is 1. The topological polar surface area (TPSA) is 71.0 Å². The highest BCUT2D eigenvalue weighted by molar-refractivity contribution is 5.93. The molecule has 0 amide bonds. The van der Waals surface area contributed by atoms with Crippen LogP contribution in [0.4, 0.5) is 11.5 Å². The lowest BCUT2D eigenvalue weighted by molar-refractivity contribution is 0.172. The van der Waals surface area contributed by atoms with E-state index in [1.165, 1.54) is 0 Å². The molecule has 1 heterocycles. The summed E-state index contributed by atoms with van der Waals surface area (Å²) < 4.78 is 10.8. The van der Waals surface area contributed by atoms with Crippen molar-refractivity contribution in [2.24, 2.45) is 4.99 Å². The van der Waals surface area contributed by atoms with E-state index in [9.17, 15) is 0 Å². The van der Waals surface area contributed by atoms with Crippen LogP contribution in [0.15, 0.2) is 47.6 Å². The molecule has 0 radical (unpaired) electrons. The minimum absolute atomic E-state index is 0.626. The molecule has 0 aliphatic heterocycles. The lowest BCUT2D eigenvalue weighted by Gasteiger charge is -2.15. The highest BCUT2D eigenvalue weighted by Crippen LogP contribution is 2.17. The molecule has 0 saturated carbocycles. The molecule has 27 heavy (non-hydrogen) atoms. The van der Waals surface area contributed by atoms with Gasteiger partial charge in [-0.2, -0.15) is 0 Å². The number of hydrogen-bond acceptors (Lipinski definition) is 5. The maximum Gasteiger partial charge on any atom is 0.195 e. The highest BCUT2D eigenvalue weighted by atomic mass is 16.5. The van der Waals surface area contributed by atoms with E-state index in [2.05, 4.69) is 26.7 Å². The quantitative estimate of drug-likeness (QED) is 0.401. The lowest BCUT2D eigenvalue weighted by atomic mass is 10.2. The lowest BCUT2D eigenvalue weighted by Crippen LogP contribution is -2.30. The van der Waals surface area contributed by atoms with Gasteiger partial charge in [0.25, 0.3) is 0 Å². The van der Waals surface area contributed by atoms with E-state index < -0.39 is 0 Å². The first-order valence-corrected chi connectivity index (χ1v) is 8.94. The van der Waals surface area contributed by atoms with Crippen LogP contribution in [0.2, 0.25) is 0 Å². The summed E-state index contributed by atoms with van der Waals surface area (Å²) in [6.45, 7) is 1.97. The number of aliphatic imine (C=N–C) groups is 1. The van der Waals surface area contributed by atoms with Crippen molar-refractivity contribution >= 4 is 17.5 Å². The molecular weight excluding hydrogens is 342 g/mol. The van der Waals surface area contributed by atoms with Gasteiger partial charge in [-0.15, -0.1) is 0 Å². The van der Waals surface area contributed by atoms with Gasteiger partial charge >= 0.3 is 0 Å². The van der Waals surface area contributed by atoms with Crippen LogP contribution in [0.5, 0.6) is 5.75 Å². The molecule has 7 nitrogen and oxygen atoms in total. The van der Waals surface area contributed by atoms with Crippen LogP contribution >= 0.6 is 0 Å². The second kappa shape index (κ2) is 11.0. The van der Waals surface area contributed by atoms with Crippen LogP contribution in [0.1, 0.15) is 12.0 Å². The van der Waals surface area contributed by atoms with Crippen molar-refractivity contribution in [1.82, 2.24) is 10.3 Å². The number of nitrogens with one attached hydrogen (secondary N) is 2. The van der Waals surface area contributed by atoms with Crippen LogP contribution in [-0.2, 0) is 11.3 Å². The Kier molecular flexibility index (Phi) is 8.38. The number of hydrogen-bond donors (Lipinski definition) is 2. The molecule has 1 aromatic heterocycles. The third-order valence-electron chi connectivity index (χ3n) is 3.81. The Morgan fingerprint density at radius 2 is 2.04 bits per heavy atom. The number of rotatable bonds is 9. The van der Waals surface area contributed by atoms with Gasteiger partial charge in [-0.3, -0.25) is 4.99 Å². The second-order valence-corrected chi connectivity index (χ2v) is 6.19. The minimum atomic E-state index is 0.626. The molecular formula is C20H29N5O2. The standard InChI is InChI=1S/C20H29N5O2/c1-21-20(23-15-16-9-10-22-19(13-16)25(2)3)24-17-7-5-8-18(14-17)27-12-6-11-26-4/h5,7-10,13-14H,6,11-12,15H2,1-4H3,(H2,21,23,24). The largest absolute Gasteiger partial charge is 0.493 e. The van der Waals surface area contributed by atoms with Gasteiger partial charge in [0.05, 0.1) is 6.61 Å². The highest BCUT2D eigenvalue weighted by Gasteiger charge is 2.03. The molecule has 0 atom stereocenters. The van der Waals surface area contributed by atoms with E-state index >= 15 is 0 Å². The molecule has 1 aromatic carbocycles. The smallest absolute Gasteiger partial charge is 0.195 e. The Morgan fingerprint density at radius 1 is 1.19 bits per heavy atom. The first-order chi connectivity index (χ1) is 13.1. The van der Waals surface area contributed by atoms with Crippen molar-refractivity contribution in [3.05, 3.63) is 48.2 Å². The summed E-state index contributed by atoms with van der Waals surface area (Å²) in [6, 6.07) is 11.9. The molecule has 0 saturated heterocycles. The van der Waals surface area contributed by atoms with E-state index in [0.29, 0.717) is 25.7 Å². The Morgan fingerprint density at radius 3 is 2.78 bits per heavy atom. The fraction of sp³-hybridized carbons (Fsp3) is 0.400. The summed E-state index contributed by atoms with van der Waals surface area (Å²) in [6.07, 6.45) is 2.67. The first kappa shape index (κ1) is 20.5. The molecule has 0 unspecified atom stereocenters. The normalized spacial score (nSPS) is 11.2. The average molecular weight is 371 g/mol. The summed E-state index contributed by atoms with van der Waals surface area (Å²) in [7, 11) is 7.39. The van der Waals surface area contributed by atoms with Gasteiger partial charge in [0.15, 0.2) is 5.96 Å². The number of guanidine groups is 1. The van der Waals surface area contributed by atoms with Crippen LogP contribution < -0.4 is 20.3 Å². The number of aromatic nitrogens is 1. The number of anilines is 2. The predicted molar refractivity (Wildman–Crippen MR) is 111 cm³/mol. The third-order valence-corrected chi connectivity index (χ3v) is 3.81. The molecule has 146 valence electrons. The summed E-state index contributed by atoms with van der Waals surface area (Å²) >= 11 is 0. The molecule has 0 aliphatic carbocycles. The molecule has 2 rings (SSSR count). The van der Waals surface area contributed by atoms with Gasteiger partial charge in [0, 0.05) is 65.8 Å². The number of ether oxygens (including phenoxy) is 2. The zero-order valence-electron chi connectivity index (χ0n) is 16.5. The summed E-state index contributed by atoms with van der Waals surface area (Å²) in [5.41, 5.74) is 2.04. The Labute approximate surface area is 161 Å². The maximum atomic E-state index is 5.74. The molecule has 0 spiro atoms. The summed E-state index contributed by atoms with van der Waals surface area (Å²) in [5, 5.41) is 6.60. The van der Waals surface area contributed by atoms with Crippen LogP contribution in [-0.4, -0.2) is 52.4 Å². The van der Waals surface area contributed by atoms with Gasteiger partial charge < -0.3 is 25.0 Å². The Bertz CT molecular complexity index is 734. The molecule has 7 heteroatoms. The average Bonchev–Trinajstić information content (AvgIpc) is 2.69. The van der Waals surface area contributed by atoms with E-state index in [1.807, 2.05) is 55.5 Å². The van der Waals surface area contributed by atoms with E-state index in [0.717, 1.165) is 29.2 Å². The molecule has 2 aromatic rings. The van der Waals surface area contributed by atoms with Gasteiger partial charge in [0.1, 0.15) is 11.6 Å². The zero-order chi connectivity index (χ0) is 19.5.